The van der Waals surface area contributed by atoms with E-state index < -0.39 is 17.2 Å². The molecule has 0 heterocycles. The van der Waals surface area contributed by atoms with Gasteiger partial charge in [-0.15, -0.1) is 12.4 Å². The highest BCUT2D eigenvalue weighted by molar-refractivity contribution is 5.85. The number of hydrogen-bond donors (Lipinski definition) is 0. The van der Waals surface area contributed by atoms with Crippen molar-refractivity contribution in [2.75, 3.05) is 14.2 Å². The Morgan fingerprint density at radius 2 is 1.53 bits per heavy atom. The topological polar surface area (TPSA) is 35.5 Å². The SMILES string of the molecule is COc1cc(OC)c(F)c(C=O)c1F.Cl. The minimum absolute atomic E-state index is 0. The van der Waals surface area contributed by atoms with Crippen molar-refractivity contribution < 1.29 is 23.0 Å². The lowest BCUT2D eigenvalue weighted by molar-refractivity contribution is 0.111. The normalized spacial score (nSPS) is 9.07. The predicted octanol–water partition coefficient (Wildman–Crippen LogP) is 2.22. The van der Waals surface area contributed by atoms with E-state index in [0.29, 0.717) is 0 Å². The number of ether oxygens (including phenoxy) is 2. The van der Waals surface area contributed by atoms with E-state index in [1.54, 1.807) is 0 Å². The standard InChI is InChI=1S/C9H8F2O3.ClH/c1-13-6-3-7(14-2)9(11)5(4-12)8(6)10;/h3-4H,1-2H3;1H. The number of carbonyl (C=O) groups excluding carboxylic acids is 1. The van der Waals surface area contributed by atoms with Gasteiger partial charge in [-0.25, -0.2) is 8.78 Å². The fraction of sp³-hybridized carbons (Fsp3) is 0.222. The summed E-state index contributed by atoms with van der Waals surface area (Å²) in [7, 11) is 2.43. The van der Waals surface area contributed by atoms with Crippen LogP contribution in [-0.4, -0.2) is 20.5 Å². The Bertz CT molecular complexity index is 341. The van der Waals surface area contributed by atoms with Crippen molar-refractivity contribution in [1.29, 1.82) is 0 Å². The Hall–Kier alpha value is -1.36. The van der Waals surface area contributed by atoms with Gasteiger partial charge in [0.05, 0.1) is 19.8 Å². The van der Waals surface area contributed by atoms with Crippen molar-refractivity contribution >= 4 is 18.7 Å². The molecule has 0 aromatic heterocycles. The van der Waals surface area contributed by atoms with Gasteiger partial charge in [0, 0.05) is 6.07 Å². The van der Waals surface area contributed by atoms with E-state index in [-0.39, 0.29) is 30.2 Å². The van der Waals surface area contributed by atoms with Crippen molar-refractivity contribution in [3.05, 3.63) is 23.3 Å². The molecule has 0 radical (unpaired) electrons. The molecule has 1 rings (SSSR count). The highest BCUT2D eigenvalue weighted by Crippen LogP contribution is 2.29. The predicted molar refractivity (Wildman–Crippen MR) is 52.1 cm³/mol. The van der Waals surface area contributed by atoms with Gasteiger partial charge in [-0.05, 0) is 0 Å². The van der Waals surface area contributed by atoms with Crippen LogP contribution in [0.15, 0.2) is 6.07 Å². The minimum atomic E-state index is -1.03. The monoisotopic (exact) mass is 238 g/mol. The zero-order valence-electron chi connectivity index (χ0n) is 8.04. The Morgan fingerprint density at radius 3 is 1.80 bits per heavy atom. The van der Waals surface area contributed by atoms with Gasteiger partial charge in [-0.2, -0.15) is 0 Å². The number of aldehydes is 1. The van der Waals surface area contributed by atoms with Gasteiger partial charge in [-0.3, -0.25) is 4.79 Å². The van der Waals surface area contributed by atoms with Crippen LogP contribution < -0.4 is 9.47 Å². The minimum Gasteiger partial charge on any atom is -0.494 e. The van der Waals surface area contributed by atoms with Crippen LogP contribution in [0.1, 0.15) is 10.4 Å². The molecule has 0 aliphatic carbocycles. The molecule has 6 heteroatoms. The van der Waals surface area contributed by atoms with Gasteiger partial charge in [-0.1, -0.05) is 0 Å². The summed E-state index contributed by atoms with van der Waals surface area (Å²) in [4.78, 5) is 10.4. The largest absolute Gasteiger partial charge is 0.494 e. The highest BCUT2D eigenvalue weighted by atomic mass is 35.5. The Kier molecular flexibility index (Phi) is 5.00. The lowest BCUT2D eigenvalue weighted by Gasteiger charge is -2.08. The van der Waals surface area contributed by atoms with Crippen molar-refractivity contribution in [1.82, 2.24) is 0 Å². The van der Waals surface area contributed by atoms with Crippen LogP contribution in [0.3, 0.4) is 0 Å². The molecule has 1 aromatic carbocycles. The first-order valence-electron chi connectivity index (χ1n) is 3.70. The lowest BCUT2D eigenvalue weighted by Crippen LogP contribution is -2.01. The van der Waals surface area contributed by atoms with Crippen molar-refractivity contribution in [2.45, 2.75) is 0 Å². The van der Waals surface area contributed by atoms with Crippen LogP contribution in [0.4, 0.5) is 8.78 Å². The maximum Gasteiger partial charge on any atom is 0.178 e. The molecule has 1 aromatic rings. The molecule has 0 unspecified atom stereocenters. The Balaban J connectivity index is 0.00000196. The fourth-order valence-corrected chi connectivity index (χ4v) is 1.01. The van der Waals surface area contributed by atoms with E-state index in [2.05, 4.69) is 9.47 Å². The van der Waals surface area contributed by atoms with Gasteiger partial charge in [0.1, 0.15) is 0 Å². The molecule has 0 spiro atoms. The molecule has 0 fully saturated rings. The summed E-state index contributed by atoms with van der Waals surface area (Å²) in [6.07, 6.45) is 0.0791. The second-order valence-corrected chi connectivity index (χ2v) is 2.44. The first-order valence-corrected chi connectivity index (χ1v) is 3.70. The zero-order chi connectivity index (χ0) is 10.7. The van der Waals surface area contributed by atoms with Crippen LogP contribution >= 0.6 is 12.4 Å². The summed E-state index contributed by atoms with van der Waals surface area (Å²) in [6, 6.07) is 1.04. The third kappa shape index (κ3) is 2.36. The molecule has 0 saturated heterocycles. The van der Waals surface area contributed by atoms with E-state index in [0.717, 1.165) is 6.07 Å². The molecule has 84 valence electrons. The fourth-order valence-electron chi connectivity index (χ4n) is 1.01. The summed E-state index contributed by atoms with van der Waals surface area (Å²) < 4.78 is 35.6. The molecular formula is C9H9ClF2O3. The van der Waals surface area contributed by atoms with Crippen LogP contribution in [-0.2, 0) is 0 Å². The highest BCUT2D eigenvalue weighted by Gasteiger charge is 2.18. The number of methoxy groups -OCH3 is 2. The first-order chi connectivity index (χ1) is 6.65. The number of benzene rings is 1. The molecule has 3 nitrogen and oxygen atoms in total. The Labute approximate surface area is 91.4 Å². The number of rotatable bonds is 3. The third-order valence-corrected chi connectivity index (χ3v) is 1.73. The molecule has 15 heavy (non-hydrogen) atoms. The quantitative estimate of drug-likeness (QED) is 0.758. The molecule has 0 amide bonds. The van der Waals surface area contributed by atoms with Crippen molar-refractivity contribution in [2.24, 2.45) is 0 Å². The summed E-state index contributed by atoms with van der Waals surface area (Å²) in [5.41, 5.74) is -0.693. The van der Waals surface area contributed by atoms with E-state index >= 15 is 0 Å². The van der Waals surface area contributed by atoms with Crippen molar-refractivity contribution in [3.8, 4) is 11.5 Å². The van der Waals surface area contributed by atoms with Gasteiger partial charge < -0.3 is 9.47 Å². The van der Waals surface area contributed by atoms with E-state index in [1.807, 2.05) is 0 Å². The zero-order valence-corrected chi connectivity index (χ0v) is 8.86. The summed E-state index contributed by atoms with van der Waals surface area (Å²) in [5, 5.41) is 0. The first kappa shape index (κ1) is 13.6. The second kappa shape index (κ2) is 5.50. The van der Waals surface area contributed by atoms with Crippen LogP contribution in [0.2, 0.25) is 0 Å². The number of halogens is 3. The van der Waals surface area contributed by atoms with Crippen LogP contribution in [0, 0.1) is 11.6 Å². The van der Waals surface area contributed by atoms with E-state index in [4.69, 9.17) is 0 Å². The van der Waals surface area contributed by atoms with Crippen LogP contribution in [0.5, 0.6) is 11.5 Å². The molecule has 0 aliphatic rings. The lowest BCUT2D eigenvalue weighted by atomic mass is 10.2. The Morgan fingerprint density at radius 1 is 1.13 bits per heavy atom. The van der Waals surface area contributed by atoms with Gasteiger partial charge in [0.25, 0.3) is 0 Å². The molecule has 0 bridgehead atoms. The smallest absolute Gasteiger partial charge is 0.178 e. The average molecular weight is 239 g/mol. The number of carbonyl (C=O) groups is 1. The summed E-state index contributed by atoms with van der Waals surface area (Å²) >= 11 is 0. The van der Waals surface area contributed by atoms with Gasteiger partial charge >= 0.3 is 0 Å². The molecule has 0 saturated carbocycles. The maximum atomic E-state index is 13.2. The van der Waals surface area contributed by atoms with Crippen LogP contribution in [0.25, 0.3) is 0 Å². The summed E-state index contributed by atoms with van der Waals surface area (Å²) in [5.74, 6) is -2.52. The maximum absolute atomic E-state index is 13.2. The summed E-state index contributed by atoms with van der Waals surface area (Å²) in [6.45, 7) is 0. The molecule has 0 N–H and O–H groups in total. The molecule has 0 aliphatic heterocycles. The molecule has 0 atom stereocenters. The van der Waals surface area contributed by atoms with Gasteiger partial charge in [0.15, 0.2) is 29.4 Å². The number of hydrogen-bond acceptors (Lipinski definition) is 3. The van der Waals surface area contributed by atoms with Gasteiger partial charge in [0.2, 0.25) is 0 Å². The van der Waals surface area contributed by atoms with Crippen molar-refractivity contribution in [3.63, 3.8) is 0 Å². The third-order valence-electron chi connectivity index (χ3n) is 1.73. The second-order valence-electron chi connectivity index (χ2n) is 2.44. The van der Waals surface area contributed by atoms with E-state index in [1.165, 1.54) is 14.2 Å². The van der Waals surface area contributed by atoms with E-state index in [9.17, 15) is 13.6 Å². The molecular weight excluding hydrogens is 230 g/mol. The average Bonchev–Trinajstić information content (AvgIpc) is 2.19.